The number of amides is 1. The topological polar surface area (TPSA) is 67.4 Å². The zero-order valence-electron chi connectivity index (χ0n) is 10.7. The van der Waals surface area contributed by atoms with Crippen LogP contribution in [0.25, 0.3) is 0 Å². The third-order valence-electron chi connectivity index (χ3n) is 3.56. The highest BCUT2D eigenvalue weighted by molar-refractivity contribution is 5.83. The summed E-state index contributed by atoms with van der Waals surface area (Å²) >= 11 is 0. The van der Waals surface area contributed by atoms with Crippen LogP contribution >= 0.6 is 0 Å². The molecule has 1 aliphatic heterocycles. The van der Waals surface area contributed by atoms with Crippen molar-refractivity contribution in [1.29, 1.82) is 0 Å². The van der Waals surface area contributed by atoms with Gasteiger partial charge in [-0.05, 0) is 32.4 Å². The second-order valence-electron chi connectivity index (χ2n) is 4.47. The minimum absolute atomic E-state index is 0.0744. The van der Waals surface area contributed by atoms with Gasteiger partial charge < -0.3 is 15.4 Å². The minimum atomic E-state index is -0.291. The Morgan fingerprint density at radius 1 is 1.35 bits per heavy atom. The van der Waals surface area contributed by atoms with Gasteiger partial charge in [0.05, 0.1) is 18.9 Å². The second kappa shape index (κ2) is 6.59. The number of methoxy groups -OCH3 is 1. The largest absolute Gasteiger partial charge is 0.469 e. The van der Waals surface area contributed by atoms with E-state index in [1.54, 1.807) is 0 Å². The molecule has 1 fully saturated rings. The van der Waals surface area contributed by atoms with Gasteiger partial charge in [0.1, 0.15) is 0 Å². The summed E-state index contributed by atoms with van der Waals surface area (Å²) in [4.78, 5) is 23.1. The lowest BCUT2D eigenvalue weighted by molar-refractivity contribution is -0.140. The number of piperidine rings is 1. The predicted octanol–water partition coefficient (Wildman–Crippen LogP) is 0.445. The quantitative estimate of drug-likeness (QED) is 0.687. The van der Waals surface area contributed by atoms with E-state index in [4.69, 9.17) is 0 Å². The summed E-state index contributed by atoms with van der Waals surface area (Å²) in [6.45, 7) is 4.18. The average molecular weight is 242 g/mol. The van der Waals surface area contributed by atoms with Crippen LogP contribution in [0.5, 0.6) is 0 Å². The van der Waals surface area contributed by atoms with Crippen molar-refractivity contribution < 1.29 is 14.3 Å². The van der Waals surface area contributed by atoms with Gasteiger partial charge in [0.25, 0.3) is 0 Å². The first-order valence-electron chi connectivity index (χ1n) is 6.20. The first kappa shape index (κ1) is 14.0. The Labute approximate surface area is 102 Å². The van der Waals surface area contributed by atoms with Crippen LogP contribution in [-0.2, 0) is 14.3 Å². The van der Waals surface area contributed by atoms with Gasteiger partial charge in [0.15, 0.2) is 0 Å². The maximum absolute atomic E-state index is 12.1. The number of hydrogen-bond acceptors (Lipinski definition) is 4. The van der Waals surface area contributed by atoms with Gasteiger partial charge in [-0.1, -0.05) is 6.92 Å². The molecule has 0 aromatic rings. The standard InChI is InChI=1S/C12H22N2O3/c1-3-12(5-8-13-9-6-12)11(16)14-7-4-10(15)17-2/h13H,3-9H2,1-2H3,(H,14,16). The van der Waals surface area contributed by atoms with E-state index in [-0.39, 0.29) is 23.7 Å². The molecule has 98 valence electrons. The summed E-state index contributed by atoms with van der Waals surface area (Å²) in [5.41, 5.74) is -0.249. The molecule has 0 spiro atoms. The summed E-state index contributed by atoms with van der Waals surface area (Å²) in [5.74, 6) is -0.216. The van der Waals surface area contributed by atoms with Crippen molar-refractivity contribution >= 4 is 11.9 Å². The van der Waals surface area contributed by atoms with E-state index in [0.717, 1.165) is 32.4 Å². The van der Waals surface area contributed by atoms with Gasteiger partial charge >= 0.3 is 5.97 Å². The first-order chi connectivity index (χ1) is 8.14. The van der Waals surface area contributed by atoms with Crippen LogP contribution in [0, 0.1) is 5.41 Å². The molecule has 0 aromatic heterocycles. The van der Waals surface area contributed by atoms with Gasteiger partial charge in [-0.15, -0.1) is 0 Å². The molecule has 0 atom stereocenters. The Morgan fingerprint density at radius 2 is 2.00 bits per heavy atom. The highest BCUT2D eigenvalue weighted by atomic mass is 16.5. The van der Waals surface area contributed by atoms with E-state index in [0.29, 0.717) is 6.54 Å². The zero-order valence-corrected chi connectivity index (χ0v) is 10.7. The van der Waals surface area contributed by atoms with E-state index in [2.05, 4.69) is 15.4 Å². The van der Waals surface area contributed by atoms with Crippen molar-refractivity contribution in [2.45, 2.75) is 32.6 Å². The number of esters is 1. The van der Waals surface area contributed by atoms with Gasteiger partial charge in [0, 0.05) is 6.54 Å². The molecule has 1 amide bonds. The van der Waals surface area contributed by atoms with E-state index < -0.39 is 0 Å². The maximum atomic E-state index is 12.1. The van der Waals surface area contributed by atoms with Crippen molar-refractivity contribution in [2.24, 2.45) is 5.41 Å². The fraction of sp³-hybridized carbons (Fsp3) is 0.833. The van der Waals surface area contributed by atoms with Crippen LogP contribution in [0.1, 0.15) is 32.6 Å². The number of carbonyl (C=O) groups is 2. The number of rotatable bonds is 5. The summed E-state index contributed by atoms with van der Waals surface area (Å²) in [6.07, 6.45) is 2.82. The van der Waals surface area contributed by atoms with Crippen LogP contribution in [0.15, 0.2) is 0 Å². The summed E-state index contributed by atoms with van der Waals surface area (Å²) in [6, 6.07) is 0. The van der Waals surface area contributed by atoms with Crippen molar-refractivity contribution in [3.63, 3.8) is 0 Å². The van der Waals surface area contributed by atoms with Crippen LogP contribution < -0.4 is 10.6 Å². The van der Waals surface area contributed by atoms with E-state index in [1.165, 1.54) is 7.11 Å². The van der Waals surface area contributed by atoms with Crippen molar-refractivity contribution in [2.75, 3.05) is 26.7 Å². The number of hydrogen-bond donors (Lipinski definition) is 2. The van der Waals surface area contributed by atoms with Gasteiger partial charge in [-0.2, -0.15) is 0 Å². The predicted molar refractivity (Wildman–Crippen MR) is 64.5 cm³/mol. The molecular weight excluding hydrogens is 220 g/mol. The second-order valence-corrected chi connectivity index (χ2v) is 4.47. The third kappa shape index (κ3) is 3.70. The monoisotopic (exact) mass is 242 g/mol. The molecule has 5 heteroatoms. The highest BCUT2D eigenvalue weighted by Gasteiger charge is 2.37. The highest BCUT2D eigenvalue weighted by Crippen LogP contribution is 2.32. The van der Waals surface area contributed by atoms with Crippen molar-refractivity contribution in [3.8, 4) is 0 Å². The number of nitrogens with one attached hydrogen (secondary N) is 2. The smallest absolute Gasteiger partial charge is 0.307 e. The Bertz CT molecular complexity index is 273. The molecule has 0 radical (unpaired) electrons. The van der Waals surface area contributed by atoms with Crippen molar-refractivity contribution in [1.82, 2.24) is 10.6 Å². The molecule has 0 unspecified atom stereocenters. The van der Waals surface area contributed by atoms with Gasteiger partial charge in [0.2, 0.25) is 5.91 Å². The molecule has 0 aliphatic carbocycles. The Hall–Kier alpha value is -1.10. The lowest BCUT2D eigenvalue weighted by Crippen LogP contribution is -2.47. The molecule has 1 rings (SSSR count). The number of ether oxygens (including phenoxy) is 1. The fourth-order valence-electron chi connectivity index (χ4n) is 2.21. The summed E-state index contributed by atoms with van der Waals surface area (Å²) in [7, 11) is 1.35. The Morgan fingerprint density at radius 3 is 2.53 bits per heavy atom. The molecular formula is C12H22N2O3. The molecule has 1 heterocycles. The Balaban J connectivity index is 2.41. The lowest BCUT2D eigenvalue weighted by atomic mass is 9.76. The summed E-state index contributed by atoms with van der Waals surface area (Å²) in [5, 5.41) is 6.10. The van der Waals surface area contributed by atoms with Crippen LogP contribution in [-0.4, -0.2) is 38.6 Å². The molecule has 1 aliphatic rings. The third-order valence-corrected chi connectivity index (χ3v) is 3.56. The molecule has 2 N–H and O–H groups in total. The average Bonchev–Trinajstić information content (AvgIpc) is 2.39. The number of carbonyl (C=O) groups excluding carboxylic acids is 2. The zero-order chi connectivity index (χ0) is 12.7. The lowest BCUT2D eigenvalue weighted by Gasteiger charge is -2.35. The van der Waals surface area contributed by atoms with Gasteiger partial charge in [-0.3, -0.25) is 9.59 Å². The van der Waals surface area contributed by atoms with E-state index in [9.17, 15) is 9.59 Å². The normalized spacial score (nSPS) is 18.5. The first-order valence-corrected chi connectivity index (χ1v) is 6.20. The maximum Gasteiger partial charge on any atom is 0.307 e. The van der Waals surface area contributed by atoms with Gasteiger partial charge in [-0.25, -0.2) is 0 Å². The fourth-order valence-corrected chi connectivity index (χ4v) is 2.21. The molecule has 0 bridgehead atoms. The summed E-state index contributed by atoms with van der Waals surface area (Å²) < 4.78 is 4.53. The molecule has 5 nitrogen and oxygen atoms in total. The molecule has 1 saturated heterocycles. The Kier molecular flexibility index (Phi) is 5.41. The van der Waals surface area contributed by atoms with Crippen LogP contribution in [0.3, 0.4) is 0 Å². The molecule has 0 saturated carbocycles. The van der Waals surface area contributed by atoms with E-state index in [1.807, 2.05) is 6.92 Å². The SMILES string of the molecule is CCC1(C(=O)NCCC(=O)OC)CCNCC1. The van der Waals surface area contributed by atoms with Crippen LogP contribution in [0.4, 0.5) is 0 Å². The van der Waals surface area contributed by atoms with Crippen LogP contribution in [0.2, 0.25) is 0 Å². The molecule has 17 heavy (non-hydrogen) atoms. The molecule has 0 aromatic carbocycles. The minimum Gasteiger partial charge on any atom is -0.469 e. The van der Waals surface area contributed by atoms with E-state index >= 15 is 0 Å². The van der Waals surface area contributed by atoms with Crippen molar-refractivity contribution in [3.05, 3.63) is 0 Å².